The van der Waals surface area contributed by atoms with Crippen molar-refractivity contribution in [2.24, 2.45) is 5.73 Å². The molecule has 0 radical (unpaired) electrons. The highest BCUT2D eigenvalue weighted by Crippen LogP contribution is 2.29. The van der Waals surface area contributed by atoms with Gasteiger partial charge in [-0.25, -0.2) is 9.78 Å². The first-order valence-corrected chi connectivity index (χ1v) is 10.3. The fraction of sp³-hybridized carbons (Fsp3) is 0.217. The summed E-state index contributed by atoms with van der Waals surface area (Å²) < 4.78 is 35.1. The molecule has 4 aromatic rings. The molecule has 0 atom stereocenters. The molecule has 12 heteroatoms. The SMILES string of the molecule is NCCCn1cc(-c2nc3ccccc3n(CC(=O)O)c2=O)c2ccccc21.O=C(O)C(F)(F)F. The molecule has 0 fully saturated rings. The minimum atomic E-state index is -5.08. The third kappa shape index (κ3) is 5.66. The van der Waals surface area contributed by atoms with E-state index in [2.05, 4.69) is 9.55 Å². The molecular weight excluding hydrogens is 469 g/mol. The number of hydrogen-bond donors (Lipinski definition) is 3. The first-order chi connectivity index (χ1) is 16.5. The second kappa shape index (κ2) is 10.4. The first kappa shape index (κ1) is 25.4. The number of benzene rings is 2. The number of nitrogens with zero attached hydrogens (tertiary/aromatic N) is 3. The lowest BCUT2D eigenvalue weighted by molar-refractivity contribution is -0.192. The van der Waals surface area contributed by atoms with E-state index in [0.717, 1.165) is 23.9 Å². The Bertz CT molecular complexity index is 1440. The second-order valence-electron chi connectivity index (χ2n) is 7.43. The summed E-state index contributed by atoms with van der Waals surface area (Å²) in [5.74, 6) is -3.83. The molecule has 4 N–H and O–H groups in total. The molecule has 9 nitrogen and oxygen atoms in total. The standard InChI is InChI=1S/C21H20N4O3.C2HF3O2/c22-10-5-11-24-12-15(14-6-1-3-8-17(14)24)20-21(28)25(13-19(26)27)18-9-4-2-7-16(18)23-20;3-2(4,5)1(6)7/h1-4,6-9,12H,5,10-11,13,22H2,(H,26,27);(H,6,7). The Morgan fingerprint density at radius 3 is 2.20 bits per heavy atom. The van der Waals surface area contributed by atoms with Crippen LogP contribution < -0.4 is 11.3 Å². The third-order valence-corrected chi connectivity index (χ3v) is 5.04. The van der Waals surface area contributed by atoms with Gasteiger partial charge in [0.25, 0.3) is 5.56 Å². The number of rotatable bonds is 6. The van der Waals surface area contributed by atoms with E-state index in [1.54, 1.807) is 18.2 Å². The largest absolute Gasteiger partial charge is 0.490 e. The van der Waals surface area contributed by atoms with Crippen molar-refractivity contribution in [3.8, 4) is 11.3 Å². The smallest absolute Gasteiger partial charge is 0.480 e. The van der Waals surface area contributed by atoms with Crippen molar-refractivity contribution in [2.45, 2.75) is 25.7 Å². The minimum Gasteiger partial charge on any atom is -0.480 e. The first-order valence-electron chi connectivity index (χ1n) is 10.3. The maximum atomic E-state index is 13.2. The summed E-state index contributed by atoms with van der Waals surface area (Å²) in [5, 5.41) is 17.3. The van der Waals surface area contributed by atoms with Crippen molar-refractivity contribution < 1.29 is 33.0 Å². The molecule has 0 amide bonds. The molecule has 2 heterocycles. The van der Waals surface area contributed by atoms with Crippen LogP contribution in [-0.2, 0) is 22.7 Å². The topological polar surface area (TPSA) is 140 Å². The zero-order valence-corrected chi connectivity index (χ0v) is 18.2. The fourth-order valence-corrected chi connectivity index (χ4v) is 3.54. The van der Waals surface area contributed by atoms with Crippen LogP contribution in [0.3, 0.4) is 0 Å². The van der Waals surface area contributed by atoms with Crippen molar-refractivity contribution in [3.63, 3.8) is 0 Å². The van der Waals surface area contributed by atoms with Crippen LogP contribution in [0.25, 0.3) is 33.2 Å². The average molecular weight is 490 g/mol. The number of carboxylic acids is 2. The summed E-state index contributed by atoms with van der Waals surface area (Å²) in [5.41, 5.74) is 8.27. The molecule has 0 aliphatic rings. The molecule has 4 rings (SSSR count). The number of aromatic nitrogens is 3. The number of aryl methyl sites for hydroxylation is 1. The lowest BCUT2D eigenvalue weighted by Gasteiger charge is -2.10. The van der Waals surface area contributed by atoms with E-state index in [9.17, 15) is 27.9 Å². The summed E-state index contributed by atoms with van der Waals surface area (Å²) in [6, 6.07) is 14.9. The second-order valence-corrected chi connectivity index (χ2v) is 7.43. The summed E-state index contributed by atoms with van der Waals surface area (Å²) >= 11 is 0. The molecule has 0 saturated heterocycles. The fourth-order valence-electron chi connectivity index (χ4n) is 3.54. The molecule has 0 aliphatic carbocycles. The predicted octanol–water partition coefficient (Wildman–Crippen LogP) is 3.08. The van der Waals surface area contributed by atoms with Gasteiger partial charge >= 0.3 is 18.1 Å². The van der Waals surface area contributed by atoms with Gasteiger partial charge in [0.2, 0.25) is 0 Å². The molecular formula is C23H21F3N4O5. The van der Waals surface area contributed by atoms with Crippen LogP contribution in [0.15, 0.2) is 59.5 Å². The number of aliphatic carboxylic acids is 2. The number of nitrogens with two attached hydrogens (primary N) is 1. The highest BCUT2D eigenvalue weighted by molar-refractivity contribution is 5.96. The molecule has 0 aliphatic heterocycles. The van der Waals surface area contributed by atoms with Gasteiger partial charge in [0, 0.05) is 29.2 Å². The monoisotopic (exact) mass is 490 g/mol. The Labute approximate surface area is 195 Å². The summed E-state index contributed by atoms with van der Waals surface area (Å²) in [4.78, 5) is 38.0. The molecule has 2 aromatic heterocycles. The average Bonchev–Trinajstić information content (AvgIpc) is 3.17. The maximum Gasteiger partial charge on any atom is 0.490 e. The maximum absolute atomic E-state index is 13.2. The summed E-state index contributed by atoms with van der Waals surface area (Å²) in [6.07, 6.45) is -2.36. The normalized spacial score (nSPS) is 11.3. The van der Waals surface area contributed by atoms with Crippen molar-refractivity contribution in [1.82, 2.24) is 14.1 Å². The minimum absolute atomic E-state index is 0.252. The van der Waals surface area contributed by atoms with E-state index in [1.807, 2.05) is 36.5 Å². The predicted molar refractivity (Wildman–Crippen MR) is 122 cm³/mol. The number of para-hydroxylation sites is 3. The van der Waals surface area contributed by atoms with Crippen molar-refractivity contribution in [3.05, 3.63) is 65.1 Å². The summed E-state index contributed by atoms with van der Waals surface area (Å²) in [6.45, 7) is 0.885. The highest BCUT2D eigenvalue weighted by atomic mass is 19.4. The lowest BCUT2D eigenvalue weighted by Crippen LogP contribution is -2.26. The van der Waals surface area contributed by atoms with Gasteiger partial charge in [0.15, 0.2) is 0 Å². The molecule has 0 bridgehead atoms. The van der Waals surface area contributed by atoms with Crippen LogP contribution in [0.1, 0.15) is 6.42 Å². The van der Waals surface area contributed by atoms with Crippen LogP contribution in [0.4, 0.5) is 13.2 Å². The van der Waals surface area contributed by atoms with Gasteiger partial charge in [-0.15, -0.1) is 0 Å². The molecule has 0 saturated carbocycles. The van der Waals surface area contributed by atoms with Crippen LogP contribution in [-0.4, -0.2) is 49.0 Å². The van der Waals surface area contributed by atoms with E-state index >= 15 is 0 Å². The summed E-state index contributed by atoms with van der Waals surface area (Å²) in [7, 11) is 0. The van der Waals surface area contributed by atoms with Gasteiger partial charge < -0.3 is 20.5 Å². The van der Waals surface area contributed by atoms with E-state index in [0.29, 0.717) is 23.1 Å². The third-order valence-electron chi connectivity index (χ3n) is 5.04. The lowest BCUT2D eigenvalue weighted by atomic mass is 10.1. The van der Waals surface area contributed by atoms with Gasteiger partial charge in [-0.3, -0.25) is 14.2 Å². The molecule has 35 heavy (non-hydrogen) atoms. The van der Waals surface area contributed by atoms with Crippen LogP contribution >= 0.6 is 0 Å². The Morgan fingerprint density at radius 2 is 1.60 bits per heavy atom. The molecule has 184 valence electrons. The highest BCUT2D eigenvalue weighted by Gasteiger charge is 2.38. The van der Waals surface area contributed by atoms with Gasteiger partial charge in [0.05, 0.1) is 11.0 Å². The Kier molecular flexibility index (Phi) is 7.55. The molecule has 0 unspecified atom stereocenters. The Hall–Kier alpha value is -4.19. The van der Waals surface area contributed by atoms with E-state index < -0.39 is 30.2 Å². The van der Waals surface area contributed by atoms with E-state index in [4.69, 9.17) is 15.6 Å². The van der Waals surface area contributed by atoms with Crippen LogP contribution in [0.5, 0.6) is 0 Å². The number of carboxylic acid groups (broad SMARTS) is 2. The zero-order chi connectivity index (χ0) is 25.8. The van der Waals surface area contributed by atoms with Crippen molar-refractivity contribution in [2.75, 3.05) is 6.54 Å². The van der Waals surface area contributed by atoms with Gasteiger partial charge in [-0.2, -0.15) is 13.2 Å². The number of halogens is 3. The number of fused-ring (bicyclic) bond motifs is 2. The van der Waals surface area contributed by atoms with E-state index in [1.165, 1.54) is 4.57 Å². The zero-order valence-electron chi connectivity index (χ0n) is 18.2. The van der Waals surface area contributed by atoms with Crippen molar-refractivity contribution in [1.29, 1.82) is 0 Å². The molecule has 0 spiro atoms. The van der Waals surface area contributed by atoms with E-state index in [-0.39, 0.29) is 5.69 Å². The quantitative estimate of drug-likeness (QED) is 0.377. The van der Waals surface area contributed by atoms with Crippen LogP contribution in [0.2, 0.25) is 0 Å². The molecule has 2 aromatic carbocycles. The van der Waals surface area contributed by atoms with Crippen LogP contribution in [0, 0.1) is 0 Å². The van der Waals surface area contributed by atoms with Crippen molar-refractivity contribution >= 4 is 33.9 Å². The Balaban J connectivity index is 0.000000429. The Morgan fingerprint density at radius 1 is 1.00 bits per heavy atom. The van der Waals surface area contributed by atoms with Gasteiger partial charge in [-0.1, -0.05) is 30.3 Å². The number of hydrogen-bond acceptors (Lipinski definition) is 5. The number of alkyl halides is 3. The van der Waals surface area contributed by atoms with Gasteiger partial charge in [-0.05, 0) is 31.2 Å². The van der Waals surface area contributed by atoms with Gasteiger partial charge in [0.1, 0.15) is 12.2 Å². The number of carbonyl (C=O) groups is 2.